The molecule has 0 atom stereocenters. The molecule has 98 valence electrons. The first-order chi connectivity index (χ1) is 9.04. The molecule has 0 spiro atoms. The third-order valence-electron chi connectivity index (χ3n) is 2.63. The van der Waals surface area contributed by atoms with E-state index in [1.54, 1.807) is 18.2 Å². The van der Waals surface area contributed by atoms with E-state index in [4.69, 9.17) is 10.8 Å². The molecule has 0 aliphatic heterocycles. The largest absolute Gasteiger partial charge is 0.508 e. The van der Waals surface area contributed by atoms with E-state index in [1.807, 2.05) is 0 Å². The number of phenolic OH excluding ortho intramolecular Hbond substituents is 2. The van der Waals surface area contributed by atoms with Gasteiger partial charge in [0.2, 0.25) is 5.91 Å². The fourth-order valence-electron chi connectivity index (χ4n) is 1.67. The average molecular weight is 258 g/mol. The Bertz CT molecular complexity index is 594. The van der Waals surface area contributed by atoms with Crippen LogP contribution in [0.5, 0.6) is 11.5 Å². The molecule has 2 aromatic carbocycles. The maximum atomic E-state index is 11.8. The summed E-state index contributed by atoms with van der Waals surface area (Å²) >= 11 is 0. The number of aromatic hydroxyl groups is 2. The monoisotopic (exact) mass is 258 g/mol. The summed E-state index contributed by atoms with van der Waals surface area (Å²) in [5, 5.41) is 21.2. The Hall–Kier alpha value is -2.69. The fourth-order valence-corrected chi connectivity index (χ4v) is 1.67. The van der Waals surface area contributed by atoms with Gasteiger partial charge in [-0.25, -0.2) is 0 Å². The molecular weight excluding hydrogens is 244 g/mol. The van der Waals surface area contributed by atoms with Gasteiger partial charge in [-0.05, 0) is 48.0 Å². The van der Waals surface area contributed by atoms with E-state index in [9.17, 15) is 9.90 Å². The minimum atomic E-state index is -0.247. The normalized spacial score (nSPS) is 10.1. The summed E-state index contributed by atoms with van der Waals surface area (Å²) in [4.78, 5) is 11.8. The number of nitrogens with two attached hydrogens (primary N) is 1. The molecule has 0 aromatic heterocycles. The Balaban J connectivity index is 2.05. The van der Waals surface area contributed by atoms with Crippen LogP contribution in [0.2, 0.25) is 0 Å². The number of hydrogen-bond donors (Lipinski definition) is 4. The SMILES string of the molecule is Nc1ccc(O)cc1CC(=O)Nc1ccc(O)cc1. The molecule has 0 aliphatic rings. The molecule has 0 aliphatic carbocycles. The summed E-state index contributed by atoms with van der Waals surface area (Å²) in [6, 6.07) is 10.6. The maximum Gasteiger partial charge on any atom is 0.228 e. The number of carbonyl (C=O) groups excluding carboxylic acids is 1. The topological polar surface area (TPSA) is 95.6 Å². The van der Waals surface area contributed by atoms with Crippen molar-refractivity contribution in [3.8, 4) is 11.5 Å². The molecule has 1 amide bonds. The highest BCUT2D eigenvalue weighted by atomic mass is 16.3. The smallest absolute Gasteiger partial charge is 0.228 e. The standard InChI is InChI=1S/C14H14N2O3/c15-13-6-5-12(18)7-9(13)8-14(19)16-10-1-3-11(17)4-2-10/h1-7,17-18H,8,15H2,(H,16,19). The van der Waals surface area contributed by atoms with Gasteiger partial charge in [0, 0.05) is 11.4 Å². The van der Waals surface area contributed by atoms with Gasteiger partial charge in [-0.3, -0.25) is 4.79 Å². The third-order valence-corrected chi connectivity index (χ3v) is 2.63. The van der Waals surface area contributed by atoms with Crippen molar-refractivity contribution in [1.82, 2.24) is 0 Å². The van der Waals surface area contributed by atoms with Gasteiger partial charge in [-0.2, -0.15) is 0 Å². The number of carbonyl (C=O) groups is 1. The summed E-state index contributed by atoms with van der Waals surface area (Å²) in [6.45, 7) is 0. The van der Waals surface area contributed by atoms with Crippen molar-refractivity contribution in [2.24, 2.45) is 0 Å². The lowest BCUT2D eigenvalue weighted by Gasteiger charge is -2.08. The number of amides is 1. The lowest BCUT2D eigenvalue weighted by atomic mass is 10.1. The predicted molar refractivity (Wildman–Crippen MR) is 73.0 cm³/mol. The number of phenols is 2. The number of rotatable bonds is 3. The van der Waals surface area contributed by atoms with E-state index in [0.717, 1.165) is 0 Å². The molecule has 0 saturated heterocycles. The number of nitrogen functional groups attached to an aromatic ring is 1. The molecule has 5 nitrogen and oxygen atoms in total. The summed E-state index contributed by atoms with van der Waals surface area (Å²) in [6.07, 6.45) is 0.0705. The molecule has 0 bridgehead atoms. The van der Waals surface area contributed by atoms with Crippen molar-refractivity contribution < 1.29 is 15.0 Å². The zero-order valence-corrected chi connectivity index (χ0v) is 10.1. The van der Waals surface area contributed by atoms with Gasteiger partial charge in [-0.15, -0.1) is 0 Å². The Kier molecular flexibility index (Phi) is 3.56. The Labute approximate surface area is 110 Å². The minimum Gasteiger partial charge on any atom is -0.508 e. The molecule has 0 fully saturated rings. The molecule has 5 N–H and O–H groups in total. The second-order valence-electron chi connectivity index (χ2n) is 4.15. The van der Waals surface area contributed by atoms with Crippen molar-refractivity contribution >= 4 is 17.3 Å². The molecule has 19 heavy (non-hydrogen) atoms. The van der Waals surface area contributed by atoms with E-state index in [2.05, 4.69) is 5.32 Å². The van der Waals surface area contributed by atoms with Crippen LogP contribution in [0.25, 0.3) is 0 Å². The summed E-state index contributed by atoms with van der Waals surface area (Å²) in [5.74, 6) is -0.0418. The highest BCUT2D eigenvalue weighted by molar-refractivity contribution is 5.93. The van der Waals surface area contributed by atoms with Crippen molar-refractivity contribution in [3.05, 3.63) is 48.0 Å². The molecule has 5 heteroatoms. The zero-order valence-electron chi connectivity index (χ0n) is 10.1. The molecule has 0 radical (unpaired) electrons. The van der Waals surface area contributed by atoms with E-state index in [0.29, 0.717) is 16.9 Å². The van der Waals surface area contributed by atoms with Gasteiger partial charge in [-0.1, -0.05) is 0 Å². The highest BCUT2D eigenvalue weighted by Gasteiger charge is 2.08. The Morgan fingerprint density at radius 1 is 1.05 bits per heavy atom. The zero-order chi connectivity index (χ0) is 13.8. The molecule has 0 saturated carbocycles. The quantitative estimate of drug-likeness (QED) is 0.499. The van der Waals surface area contributed by atoms with Crippen LogP contribution in [-0.2, 0) is 11.2 Å². The Morgan fingerprint density at radius 2 is 1.68 bits per heavy atom. The molecule has 2 rings (SSSR count). The highest BCUT2D eigenvalue weighted by Crippen LogP contribution is 2.20. The minimum absolute atomic E-state index is 0.0705. The summed E-state index contributed by atoms with van der Waals surface area (Å²) < 4.78 is 0. The number of nitrogens with one attached hydrogen (secondary N) is 1. The number of hydrogen-bond acceptors (Lipinski definition) is 4. The van der Waals surface area contributed by atoms with Crippen LogP contribution in [-0.4, -0.2) is 16.1 Å². The second kappa shape index (κ2) is 5.30. The van der Waals surface area contributed by atoms with E-state index in [-0.39, 0.29) is 23.8 Å². The van der Waals surface area contributed by atoms with Crippen LogP contribution in [0.15, 0.2) is 42.5 Å². The van der Waals surface area contributed by atoms with Crippen LogP contribution < -0.4 is 11.1 Å². The van der Waals surface area contributed by atoms with Gasteiger partial charge >= 0.3 is 0 Å². The third kappa shape index (κ3) is 3.38. The first-order valence-corrected chi connectivity index (χ1v) is 5.71. The first-order valence-electron chi connectivity index (χ1n) is 5.71. The van der Waals surface area contributed by atoms with Crippen LogP contribution >= 0.6 is 0 Å². The molecule has 0 unspecified atom stereocenters. The molecular formula is C14H14N2O3. The summed E-state index contributed by atoms with van der Waals surface area (Å²) in [7, 11) is 0. The molecule has 0 heterocycles. The van der Waals surface area contributed by atoms with E-state index < -0.39 is 0 Å². The molecule has 2 aromatic rings. The predicted octanol–water partition coefficient (Wildman–Crippen LogP) is 1.86. The van der Waals surface area contributed by atoms with Gasteiger partial charge < -0.3 is 21.3 Å². The lowest BCUT2D eigenvalue weighted by molar-refractivity contribution is -0.115. The number of benzene rings is 2. The summed E-state index contributed by atoms with van der Waals surface area (Å²) in [5.41, 5.74) is 7.33. The van der Waals surface area contributed by atoms with Crippen molar-refractivity contribution in [2.75, 3.05) is 11.1 Å². The van der Waals surface area contributed by atoms with Gasteiger partial charge in [0.15, 0.2) is 0 Å². The Morgan fingerprint density at radius 3 is 2.37 bits per heavy atom. The number of anilines is 2. The van der Waals surface area contributed by atoms with Gasteiger partial charge in [0.05, 0.1) is 6.42 Å². The van der Waals surface area contributed by atoms with Crippen LogP contribution in [0.3, 0.4) is 0 Å². The fraction of sp³-hybridized carbons (Fsp3) is 0.0714. The van der Waals surface area contributed by atoms with Crippen LogP contribution in [0.4, 0.5) is 11.4 Å². The average Bonchev–Trinajstić information content (AvgIpc) is 2.37. The second-order valence-corrected chi connectivity index (χ2v) is 4.15. The van der Waals surface area contributed by atoms with Crippen LogP contribution in [0.1, 0.15) is 5.56 Å². The lowest BCUT2D eigenvalue weighted by Crippen LogP contribution is -2.15. The van der Waals surface area contributed by atoms with E-state index >= 15 is 0 Å². The van der Waals surface area contributed by atoms with Gasteiger partial charge in [0.1, 0.15) is 11.5 Å². The first kappa shape index (κ1) is 12.8. The van der Waals surface area contributed by atoms with Crippen molar-refractivity contribution in [3.63, 3.8) is 0 Å². The van der Waals surface area contributed by atoms with E-state index in [1.165, 1.54) is 24.3 Å². The van der Waals surface area contributed by atoms with Gasteiger partial charge in [0.25, 0.3) is 0 Å². The maximum absolute atomic E-state index is 11.8. The van der Waals surface area contributed by atoms with Crippen molar-refractivity contribution in [2.45, 2.75) is 6.42 Å². The van der Waals surface area contributed by atoms with Crippen molar-refractivity contribution in [1.29, 1.82) is 0 Å². The van der Waals surface area contributed by atoms with Crippen LogP contribution in [0, 0.1) is 0 Å².